The Bertz CT molecular complexity index is 1440. The van der Waals surface area contributed by atoms with Gasteiger partial charge in [-0.15, -0.1) is 10.2 Å². The van der Waals surface area contributed by atoms with Crippen molar-refractivity contribution >= 4 is 21.5 Å². The van der Waals surface area contributed by atoms with Crippen molar-refractivity contribution in [3.8, 4) is 22.7 Å². The summed E-state index contributed by atoms with van der Waals surface area (Å²) in [5, 5.41) is 10.8. The first-order valence-corrected chi connectivity index (χ1v) is 9.55. The Labute approximate surface area is 178 Å². The molecular formula is C24H13F5N2O. The largest absolute Gasteiger partial charge is 0.463 e. The van der Waals surface area contributed by atoms with Crippen LogP contribution in [-0.4, -0.2) is 16.4 Å². The number of halogens is 5. The maximum absolute atomic E-state index is 14.4. The molecule has 0 amide bonds. The quantitative estimate of drug-likeness (QED) is 0.217. The maximum atomic E-state index is 14.4. The van der Waals surface area contributed by atoms with Crippen LogP contribution in [0.2, 0.25) is 0 Å². The molecule has 0 fully saturated rings. The van der Waals surface area contributed by atoms with Crippen molar-refractivity contribution in [1.82, 2.24) is 10.2 Å². The van der Waals surface area contributed by atoms with Crippen molar-refractivity contribution < 1.29 is 26.4 Å². The zero-order valence-electron chi connectivity index (χ0n) is 16.2. The fourth-order valence-electron chi connectivity index (χ4n) is 3.75. The smallest absolute Gasteiger partial charge is 0.458 e. The van der Waals surface area contributed by atoms with Crippen LogP contribution in [0.25, 0.3) is 44.3 Å². The highest BCUT2D eigenvalue weighted by Crippen LogP contribution is 2.48. The monoisotopic (exact) mass is 440 g/mol. The minimum atomic E-state index is -5.76. The molecule has 0 spiro atoms. The lowest BCUT2D eigenvalue weighted by Crippen LogP contribution is -2.34. The van der Waals surface area contributed by atoms with E-state index in [4.69, 9.17) is 4.42 Å². The molecule has 32 heavy (non-hydrogen) atoms. The van der Waals surface area contributed by atoms with E-state index in [1.165, 1.54) is 18.4 Å². The predicted octanol–water partition coefficient (Wildman–Crippen LogP) is 7.36. The lowest BCUT2D eigenvalue weighted by atomic mass is 9.94. The zero-order chi connectivity index (χ0) is 22.5. The highest BCUT2D eigenvalue weighted by atomic mass is 19.4. The van der Waals surface area contributed by atoms with E-state index in [0.717, 1.165) is 22.9 Å². The molecule has 0 aliphatic rings. The van der Waals surface area contributed by atoms with Crippen LogP contribution in [0.5, 0.6) is 0 Å². The third kappa shape index (κ3) is 3.10. The molecule has 2 aromatic heterocycles. The summed E-state index contributed by atoms with van der Waals surface area (Å²) in [4.78, 5) is 0. The van der Waals surface area contributed by atoms with Gasteiger partial charge in [-0.05, 0) is 35.0 Å². The van der Waals surface area contributed by atoms with Crippen molar-refractivity contribution in [2.75, 3.05) is 0 Å². The van der Waals surface area contributed by atoms with Gasteiger partial charge in [-0.3, -0.25) is 0 Å². The second kappa shape index (κ2) is 7.12. The number of fused-ring (bicyclic) bond motifs is 2. The number of benzene rings is 3. The van der Waals surface area contributed by atoms with Gasteiger partial charge in [0, 0.05) is 21.9 Å². The summed E-state index contributed by atoms with van der Waals surface area (Å²) < 4.78 is 73.8. The van der Waals surface area contributed by atoms with Gasteiger partial charge in [0.25, 0.3) is 0 Å². The molecule has 3 nitrogen and oxygen atoms in total. The summed E-state index contributed by atoms with van der Waals surface area (Å²) >= 11 is 0. The van der Waals surface area contributed by atoms with Crippen LogP contribution in [0.15, 0.2) is 83.5 Å². The van der Waals surface area contributed by atoms with Crippen molar-refractivity contribution in [3.63, 3.8) is 0 Å². The minimum absolute atomic E-state index is 0.0689. The Morgan fingerprint density at radius 1 is 0.656 bits per heavy atom. The number of nitrogens with zero attached hydrogens (tertiary/aromatic N) is 2. The third-order valence-electron chi connectivity index (χ3n) is 5.28. The van der Waals surface area contributed by atoms with Crippen LogP contribution in [0, 0.1) is 0 Å². The molecule has 5 aromatic rings. The molecule has 2 heterocycles. The molecule has 0 radical (unpaired) electrons. The molecule has 0 N–H and O–H groups in total. The summed E-state index contributed by atoms with van der Waals surface area (Å²) in [5.41, 5.74) is -1.23. The predicted molar refractivity (Wildman–Crippen MR) is 110 cm³/mol. The number of furan rings is 1. The molecule has 0 aliphatic carbocycles. The second-order valence-electron chi connectivity index (χ2n) is 7.24. The van der Waals surface area contributed by atoms with Gasteiger partial charge in [0.05, 0.1) is 6.26 Å². The number of alkyl halides is 5. The SMILES string of the molecule is FC(F)(F)C(F)(F)c1ccccc1-c1nnc(-c2ccco2)c2cc3ccccc3cc12. The molecule has 3 aromatic carbocycles. The zero-order valence-corrected chi connectivity index (χ0v) is 16.2. The Morgan fingerprint density at radius 3 is 1.88 bits per heavy atom. The first-order valence-electron chi connectivity index (χ1n) is 9.55. The van der Waals surface area contributed by atoms with Crippen molar-refractivity contribution in [3.05, 3.63) is 84.6 Å². The Hall–Kier alpha value is -3.81. The first kappa shape index (κ1) is 20.1. The van der Waals surface area contributed by atoms with Crippen LogP contribution in [-0.2, 0) is 5.92 Å². The van der Waals surface area contributed by atoms with Gasteiger partial charge in [-0.25, -0.2) is 0 Å². The summed E-state index contributed by atoms with van der Waals surface area (Å²) in [6, 6.07) is 18.7. The highest BCUT2D eigenvalue weighted by Gasteiger charge is 2.59. The van der Waals surface area contributed by atoms with E-state index in [0.29, 0.717) is 22.2 Å². The van der Waals surface area contributed by atoms with Gasteiger partial charge in [-0.2, -0.15) is 22.0 Å². The molecule has 0 aliphatic heterocycles. The van der Waals surface area contributed by atoms with Crippen LogP contribution >= 0.6 is 0 Å². The van der Waals surface area contributed by atoms with E-state index < -0.39 is 17.7 Å². The standard InChI is InChI=1S/C24H13F5N2O/c25-23(26,24(27,28)29)19-9-4-3-8-16(19)21-17-12-14-6-1-2-7-15(14)13-18(17)22(31-30-21)20-10-5-11-32-20/h1-13H. The Balaban J connectivity index is 1.86. The van der Waals surface area contributed by atoms with Crippen molar-refractivity contribution in [1.29, 1.82) is 0 Å². The topological polar surface area (TPSA) is 38.9 Å². The van der Waals surface area contributed by atoms with Gasteiger partial charge in [-0.1, -0.05) is 48.5 Å². The van der Waals surface area contributed by atoms with Crippen LogP contribution in [0.1, 0.15) is 5.56 Å². The average molecular weight is 440 g/mol. The number of hydrogen-bond donors (Lipinski definition) is 0. The molecule has 0 saturated carbocycles. The summed E-state index contributed by atoms with van der Waals surface area (Å²) in [5.74, 6) is -4.66. The van der Waals surface area contributed by atoms with E-state index in [2.05, 4.69) is 10.2 Å². The van der Waals surface area contributed by atoms with Gasteiger partial charge in [0.1, 0.15) is 11.4 Å². The number of hydrogen-bond acceptors (Lipinski definition) is 3. The lowest BCUT2D eigenvalue weighted by molar-refractivity contribution is -0.289. The Kier molecular flexibility index (Phi) is 4.47. The summed E-state index contributed by atoms with van der Waals surface area (Å²) in [7, 11) is 0. The van der Waals surface area contributed by atoms with Gasteiger partial charge in [0.2, 0.25) is 0 Å². The van der Waals surface area contributed by atoms with E-state index in [1.807, 2.05) is 24.3 Å². The molecule has 0 atom stereocenters. The van der Waals surface area contributed by atoms with Crippen molar-refractivity contribution in [2.45, 2.75) is 12.1 Å². The number of aromatic nitrogens is 2. The molecule has 160 valence electrons. The molecular weight excluding hydrogens is 427 g/mol. The third-order valence-corrected chi connectivity index (χ3v) is 5.28. The van der Waals surface area contributed by atoms with E-state index >= 15 is 0 Å². The fourth-order valence-corrected chi connectivity index (χ4v) is 3.75. The Morgan fingerprint density at radius 2 is 1.25 bits per heavy atom. The van der Waals surface area contributed by atoms with Crippen LogP contribution < -0.4 is 0 Å². The molecule has 0 bridgehead atoms. The highest BCUT2D eigenvalue weighted by molar-refractivity contribution is 6.08. The normalized spacial score (nSPS) is 12.5. The van der Waals surface area contributed by atoms with Gasteiger partial charge in [0.15, 0.2) is 5.76 Å². The molecule has 0 saturated heterocycles. The van der Waals surface area contributed by atoms with Crippen molar-refractivity contribution in [2.24, 2.45) is 0 Å². The van der Waals surface area contributed by atoms with Crippen LogP contribution in [0.4, 0.5) is 22.0 Å². The summed E-state index contributed by atoms with van der Waals surface area (Å²) in [6.07, 6.45) is -4.30. The summed E-state index contributed by atoms with van der Waals surface area (Å²) in [6.45, 7) is 0. The van der Waals surface area contributed by atoms with Gasteiger partial charge >= 0.3 is 12.1 Å². The van der Waals surface area contributed by atoms with Crippen LogP contribution in [0.3, 0.4) is 0 Å². The number of rotatable bonds is 3. The second-order valence-corrected chi connectivity index (χ2v) is 7.24. The van der Waals surface area contributed by atoms with Gasteiger partial charge < -0.3 is 4.42 Å². The van der Waals surface area contributed by atoms with E-state index in [-0.39, 0.29) is 11.3 Å². The fraction of sp³-hybridized carbons (Fsp3) is 0.0833. The molecule has 8 heteroatoms. The lowest BCUT2D eigenvalue weighted by Gasteiger charge is -2.22. The first-order chi connectivity index (χ1) is 15.3. The van der Waals surface area contributed by atoms with E-state index in [9.17, 15) is 22.0 Å². The maximum Gasteiger partial charge on any atom is 0.458 e. The molecule has 5 rings (SSSR count). The average Bonchev–Trinajstić information content (AvgIpc) is 3.31. The van der Waals surface area contributed by atoms with E-state index in [1.54, 1.807) is 24.3 Å². The molecule has 0 unspecified atom stereocenters. The minimum Gasteiger partial charge on any atom is -0.463 e.